The van der Waals surface area contributed by atoms with Crippen molar-refractivity contribution in [3.05, 3.63) is 34.9 Å². The highest BCUT2D eigenvalue weighted by Crippen LogP contribution is 2.33. The maximum absolute atomic E-state index is 12.3. The number of carbonyl (C=O) groups is 3. The van der Waals surface area contributed by atoms with Crippen LogP contribution in [0.5, 0.6) is 0 Å². The van der Waals surface area contributed by atoms with Crippen LogP contribution in [-0.2, 0) is 15.1 Å². The van der Waals surface area contributed by atoms with Crippen molar-refractivity contribution in [2.45, 2.75) is 12.5 Å². The molecule has 0 radical (unpaired) electrons. The lowest BCUT2D eigenvalue weighted by molar-refractivity contribution is -0.134. The zero-order valence-corrected chi connectivity index (χ0v) is 10.9. The molecule has 0 aromatic heterocycles. The Balaban J connectivity index is 2.41. The van der Waals surface area contributed by atoms with Crippen LogP contribution in [0.1, 0.15) is 12.5 Å². The van der Waals surface area contributed by atoms with Gasteiger partial charge >= 0.3 is 6.03 Å². The van der Waals surface area contributed by atoms with Gasteiger partial charge in [0.1, 0.15) is 12.1 Å². The van der Waals surface area contributed by atoms with Crippen molar-refractivity contribution in [1.82, 2.24) is 10.2 Å². The quantitative estimate of drug-likeness (QED) is 0.794. The van der Waals surface area contributed by atoms with E-state index in [1.54, 1.807) is 24.3 Å². The second kappa shape index (κ2) is 4.55. The van der Waals surface area contributed by atoms with E-state index in [-0.39, 0.29) is 0 Å². The third-order valence-electron chi connectivity index (χ3n) is 3.00. The number of nitrogens with one attached hydrogen (secondary N) is 1. The van der Waals surface area contributed by atoms with Gasteiger partial charge in [-0.2, -0.15) is 0 Å². The molecule has 0 saturated carbocycles. The average Bonchev–Trinajstić information content (AvgIpc) is 2.54. The fraction of sp³-hybridized carbons (Fsp3) is 0.250. The third kappa shape index (κ3) is 2.15. The van der Waals surface area contributed by atoms with Gasteiger partial charge in [0, 0.05) is 10.6 Å². The highest BCUT2D eigenvalue weighted by atomic mass is 35.5. The van der Waals surface area contributed by atoms with Crippen molar-refractivity contribution >= 4 is 29.4 Å². The van der Waals surface area contributed by atoms with Gasteiger partial charge in [-0.1, -0.05) is 29.8 Å². The molecule has 1 atom stereocenters. The van der Waals surface area contributed by atoms with Crippen LogP contribution in [-0.4, -0.2) is 29.3 Å². The Morgan fingerprint density at radius 3 is 2.63 bits per heavy atom. The Bertz CT molecular complexity index is 575. The minimum atomic E-state index is -1.29. The number of carbonyl (C=O) groups excluding carboxylic acids is 3. The van der Waals surface area contributed by atoms with E-state index in [0.29, 0.717) is 10.6 Å². The fourth-order valence-corrected chi connectivity index (χ4v) is 2.37. The van der Waals surface area contributed by atoms with Crippen LogP contribution in [0.4, 0.5) is 4.79 Å². The van der Waals surface area contributed by atoms with Crippen LogP contribution in [0, 0.1) is 0 Å². The molecule has 6 nitrogen and oxygen atoms in total. The molecular formula is C12H12ClN3O3. The molecule has 1 aliphatic rings. The van der Waals surface area contributed by atoms with E-state index in [2.05, 4.69) is 5.32 Å². The zero-order valence-electron chi connectivity index (χ0n) is 10.1. The molecule has 0 aliphatic carbocycles. The highest BCUT2D eigenvalue weighted by molar-refractivity contribution is 6.32. The third-order valence-corrected chi connectivity index (χ3v) is 3.33. The van der Waals surface area contributed by atoms with Gasteiger partial charge in [-0.05, 0) is 13.0 Å². The Morgan fingerprint density at radius 1 is 1.42 bits per heavy atom. The molecule has 19 heavy (non-hydrogen) atoms. The number of primary amides is 1. The number of urea groups is 1. The molecular weight excluding hydrogens is 270 g/mol. The first kappa shape index (κ1) is 13.4. The van der Waals surface area contributed by atoms with Crippen molar-refractivity contribution in [2.75, 3.05) is 6.54 Å². The molecule has 1 aromatic carbocycles. The molecule has 1 saturated heterocycles. The number of rotatable bonds is 3. The molecule has 4 amide bonds. The Labute approximate surface area is 114 Å². The smallest absolute Gasteiger partial charge is 0.325 e. The molecule has 0 spiro atoms. The van der Waals surface area contributed by atoms with Gasteiger partial charge in [0.05, 0.1) is 0 Å². The van der Waals surface area contributed by atoms with E-state index in [4.69, 9.17) is 17.3 Å². The number of hydrogen-bond donors (Lipinski definition) is 2. The highest BCUT2D eigenvalue weighted by Gasteiger charge is 2.50. The standard InChI is InChI=1S/C12H12ClN3O3/c1-12(7-4-2-3-5-8(7)13)10(18)16(6-9(14)17)11(19)15-12/h2-5H,6H2,1H3,(H2,14,17)(H,15,19). The lowest BCUT2D eigenvalue weighted by Gasteiger charge is -2.23. The van der Waals surface area contributed by atoms with Crippen molar-refractivity contribution in [3.63, 3.8) is 0 Å². The van der Waals surface area contributed by atoms with E-state index in [0.717, 1.165) is 4.90 Å². The van der Waals surface area contributed by atoms with Crippen LogP contribution >= 0.6 is 11.6 Å². The molecule has 1 aromatic rings. The average molecular weight is 282 g/mol. The maximum Gasteiger partial charge on any atom is 0.325 e. The van der Waals surface area contributed by atoms with Crippen molar-refractivity contribution in [2.24, 2.45) is 5.73 Å². The fourth-order valence-electron chi connectivity index (χ4n) is 2.05. The summed E-state index contributed by atoms with van der Waals surface area (Å²) in [5, 5.41) is 2.90. The number of amides is 4. The number of imide groups is 1. The Morgan fingerprint density at radius 2 is 2.05 bits per heavy atom. The summed E-state index contributed by atoms with van der Waals surface area (Å²) in [4.78, 5) is 35.7. The summed E-state index contributed by atoms with van der Waals surface area (Å²) >= 11 is 6.05. The first-order valence-electron chi connectivity index (χ1n) is 5.53. The van der Waals surface area contributed by atoms with Crippen molar-refractivity contribution < 1.29 is 14.4 Å². The summed E-state index contributed by atoms with van der Waals surface area (Å²) in [5.41, 5.74) is 4.20. The minimum Gasteiger partial charge on any atom is -0.368 e. The second-order valence-electron chi connectivity index (χ2n) is 4.39. The lowest BCUT2D eigenvalue weighted by atomic mass is 9.92. The van der Waals surface area contributed by atoms with Crippen molar-refractivity contribution in [1.29, 1.82) is 0 Å². The van der Waals surface area contributed by atoms with E-state index in [1.807, 2.05) is 0 Å². The second-order valence-corrected chi connectivity index (χ2v) is 4.80. The molecule has 7 heteroatoms. The summed E-state index contributed by atoms with van der Waals surface area (Å²) in [5.74, 6) is -1.31. The number of halogens is 1. The lowest BCUT2D eigenvalue weighted by Crippen LogP contribution is -2.42. The molecule has 2 rings (SSSR count). The first-order valence-corrected chi connectivity index (χ1v) is 5.91. The number of benzene rings is 1. The summed E-state index contributed by atoms with van der Waals surface area (Å²) in [6.45, 7) is 1.08. The summed E-state index contributed by atoms with van der Waals surface area (Å²) in [6.07, 6.45) is 0. The van der Waals surface area contributed by atoms with Gasteiger partial charge in [0.2, 0.25) is 5.91 Å². The van der Waals surface area contributed by atoms with E-state index < -0.39 is 29.9 Å². The summed E-state index contributed by atoms with van der Waals surface area (Å²) in [6, 6.07) is 6.04. The molecule has 1 aliphatic heterocycles. The number of nitrogens with two attached hydrogens (primary N) is 1. The first-order chi connectivity index (χ1) is 8.86. The topological polar surface area (TPSA) is 92.5 Å². The zero-order chi connectivity index (χ0) is 14.2. The molecule has 1 fully saturated rings. The van der Waals surface area contributed by atoms with E-state index >= 15 is 0 Å². The number of nitrogens with zero attached hydrogens (tertiary/aromatic N) is 1. The van der Waals surface area contributed by atoms with Crippen LogP contribution in [0.25, 0.3) is 0 Å². The SMILES string of the molecule is CC1(c2ccccc2Cl)NC(=O)N(CC(N)=O)C1=O. The molecule has 1 unspecified atom stereocenters. The predicted molar refractivity (Wildman–Crippen MR) is 68.2 cm³/mol. The minimum absolute atomic E-state index is 0.361. The van der Waals surface area contributed by atoms with Crippen LogP contribution in [0.2, 0.25) is 5.02 Å². The van der Waals surface area contributed by atoms with Gasteiger partial charge in [0.25, 0.3) is 5.91 Å². The van der Waals surface area contributed by atoms with Gasteiger partial charge < -0.3 is 11.1 Å². The van der Waals surface area contributed by atoms with Crippen LogP contribution in [0.15, 0.2) is 24.3 Å². The van der Waals surface area contributed by atoms with Gasteiger partial charge in [-0.25, -0.2) is 4.79 Å². The van der Waals surface area contributed by atoms with Crippen molar-refractivity contribution in [3.8, 4) is 0 Å². The molecule has 1 heterocycles. The Hall–Kier alpha value is -2.08. The van der Waals surface area contributed by atoms with Gasteiger partial charge in [-0.3, -0.25) is 14.5 Å². The number of hydrogen-bond acceptors (Lipinski definition) is 3. The van der Waals surface area contributed by atoms with E-state index in [9.17, 15) is 14.4 Å². The van der Waals surface area contributed by atoms with Crippen LogP contribution < -0.4 is 11.1 Å². The molecule has 0 bridgehead atoms. The summed E-state index contributed by atoms with van der Waals surface area (Å²) in [7, 11) is 0. The van der Waals surface area contributed by atoms with Gasteiger partial charge in [-0.15, -0.1) is 0 Å². The monoisotopic (exact) mass is 281 g/mol. The van der Waals surface area contributed by atoms with Gasteiger partial charge in [0.15, 0.2) is 0 Å². The molecule has 100 valence electrons. The predicted octanol–water partition coefficient (Wildman–Crippen LogP) is 0.592. The Kier molecular flexibility index (Phi) is 3.20. The molecule has 3 N–H and O–H groups in total. The van der Waals surface area contributed by atoms with E-state index in [1.165, 1.54) is 6.92 Å². The summed E-state index contributed by atoms with van der Waals surface area (Å²) < 4.78 is 0. The normalized spacial score (nSPS) is 22.5. The van der Waals surface area contributed by atoms with Crippen LogP contribution in [0.3, 0.4) is 0 Å². The largest absolute Gasteiger partial charge is 0.368 e. The maximum atomic E-state index is 12.3.